The highest BCUT2D eigenvalue weighted by molar-refractivity contribution is 6.16. The number of nitrogens with zero attached hydrogens (tertiary/aromatic N) is 2. The second-order valence-corrected chi connectivity index (χ2v) is 5.40. The lowest BCUT2D eigenvalue weighted by molar-refractivity contribution is -0.385. The minimum Gasteiger partial charge on any atom is -0.465 e. The average Bonchev–Trinajstić information content (AvgIpc) is 2.57. The summed E-state index contributed by atoms with van der Waals surface area (Å²) < 4.78 is 10.2. The van der Waals surface area contributed by atoms with Gasteiger partial charge in [-0.2, -0.15) is 0 Å². The number of rotatable bonds is 5. The van der Waals surface area contributed by atoms with Gasteiger partial charge in [-0.05, 0) is 19.9 Å². The second kappa shape index (κ2) is 6.75. The van der Waals surface area contributed by atoms with E-state index >= 15 is 0 Å². The zero-order valence-corrected chi connectivity index (χ0v) is 13.9. The van der Waals surface area contributed by atoms with E-state index in [-0.39, 0.29) is 18.0 Å². The number of carbonyl (C=O) groups is 3. The summed E-state index contributed by atoms with van der Waals surface area (Å²) in [7, 11) is 1.42. The number of fused-ring (bicyclic) bond motifs is 1. The van der Waals surface area contributed by atoms with Crippen molar-refractivity contribution in [3.05, 3.63) is 28.3 Å². The third kappa shape index (κ3) is 3.37. The van der Waals surface area contributed by atoms with E-state index in [1.807, 2.05) is 0 Å². The van der Waals surface area contributed by atoms with Crippen LogP contribution in [0.2, 0.25) is 0 Å². The first-order valence-corrected chi connectivity index (χ1v) is 7.40. The maximum atomic E-state index is 12.5. The fourth-order valence-corrected chi connectivity index (χ4v) is 2.34. The van der Waals surface area contributed by atoms with Crippen LogP contribution < -0.4 is 15.0 Å². The van der Waals surface area contributed by atoms with Gasteiger partial charge < -0.3 is 19.7 Å². The first kappa shape index (κ1) is 18.2. The van der Waals surface area contributed by atoms with Crippen molar-refractivity contribution in [1.29, 1.82) is 0 Å². The number of hydrogen-bond acceptors (Lipinski definition) is 7. The van der Waals surface area contributed by atoms with Crippen LogP contribution in [-0.2, 0) is 19.1 Å². The lowest BCUT2D eigenvalue weighted by atomic mass is 10.0. The molecule has 25 heavy (non-hydrogen) atoms. The normalized spacial score (nSPS) is 18.8. The second-order valence-electron chi connectivity index (χ2n) is 5.40. The summed E-state index contributed by atoms with van der Waals surface area (Å²) in [6, 6.07) is 3.73. The number of amides is 2. The highest BCUT2D eigenvalue weighted by Crippen LogP contribution is 2.39. The van der Waals surface area contributed by atoms with Gasteiger partial charge in [-0.15, -0.1) is 0 Å². The number of ether oxygens (including phenoxy) is 2. The maximum Gasteiger partial charge on any atom is 0.325 e. The standard InChI is InChI=1S/C15H17N3O7/c1-4-24-12(19)8-16-13(20)15(2)14(21)17(3)10-6-5-9(18(22)23)7-11(10)25-15/h5-7H,4,8H2,1-3H3,(H,16,20). The molecule has 0 saturated carbocycles. The molecule has 1 unspecified atom stereocenters. The van der Waals surface area contributed by atoms with E-state index in [1.54, 1.807) is 6.92 Å². The first-order chi connectivity index (χ1) is 11.7. The summed E-state index contributed by atoms with van der Waals surface area (Å²) in [6.45, 7) is 2.58. The number of nitro benzene ring substituents is 1. The molecule has 2 rings (SSSR count). The Kier molecular flexibility index (Phi) is 4.91. The molecule has 0 fully saturated rings. The Morgan fingerprint density at radius 2 is 2.12 bits per heavy atom. The Balaban J connectivity index is 2.28. The molecule has 1 aliphatic heterocycles. The molecule has 1 heterocycles. The predicted octanol–water partition coefficient (Wildman–Crippen LogP) is 0.388. The highest BCUT2D eigenvalue weighted by atomic mass is 16.6. The van der Waals surface area contributed by atoms with Crippen LogP contribution in [0.3, 0.4) is 0 Å². The van der Waals surface area contributed by atoms with Gasteiger partial charge in [0.2, 0.25) is 0 Å². The summed E-state index contributed by atoms with van der Waals surface area (Å²) in [4.78, 5) is 47.7. The van der Waals surface area contributed by atoms with E-state index in [4.69, 9.17) is 9.47 Å². The van der Waals surface area contributed by atoms with Gasteiger partial charge in [0.15, 0.2) is 5.75 Å². The van der Waals surface area contributed by atoms with Crippen molar-refractivity contribution in [3.63, 3.8) is 0 Å². The smallest absolute Gasteiger partial charge is 0.325 e. The fourth-order valence-electron chi connectivity index (χ4n) is 2.34. The van der Waals surface area contributed by atoms with Crippen LogP contribution in [0.4, 0.5) is 11.4 Å². The van der Waals surface area contributed by atoms with E-state index < -0.39 is 34.9 Å². The number of nitrogens with one attached hydrogen (secondary N) is 1. The van der Waals surface area contributed by atoms with Crippen LogP contribution in [-0.4, -0.2) is 48.5 Å². The molecule has 0 radical (unpaired) electrons. The molecule has 1 aliphatic rings. The molecule has 1 N–H and O–H groups in total. The Morgan fingerprint density at radius 1 is 1.44 bits per heavy atom. The van der Waals surface area contributed by atoms with Crippen molar-refractivity contribution in [2.75, 3.05) is 25.1 Å². The molecule has 2 amide bonds. The SMILES string of the molecule is CCOC(=O)CNC(=O)C1(C)Oc2cc([N+](=O)[O-])ccc2N(C)C1=O. The van der Waals surface area contributed by atoms with Crippen LogP contribution in [0.25, 0.3) is 0 Å². The van der Waals surface area contributed by atoms with Gasteiger partial charge in [0.05, 0.1) is 23.3 Å². The van der Waals surface area contributed by atoms with Crippen LogP contribution >= 0.6 is 0 Å². The predicted molar refractivity (Wildman–Crippen MR) is 85.2 cm³/mol. The molecule has 0 spiro atoms. The van der Waals surface area contributed by atoms with Crippen molar-refractivity contribution >= 4 is 29.2 Å². The van der Waals surface area contributed by atoms with Crippen molar-refractivity contribution in [2.24, 2.45) is 0 Å². The van der Waals surface area contributed by atoms with E-state index in [9.17, 15) is 24.5 Å². The van der Waals surface area contributed by atoms with E-state index in [1.165, 1.54) is 31.0 Å². The number of anilines is 1. The number of esters is 1. The van der Waals surface area contributed by atoms with Crippen LogP contribution in [0.15, 0.2) is 18.2 Å². The molecule has 0 aromatic heterocycles. The van der Waals surface area contributed by atoms with E-state index in [0.717, 1.165) is 6.07 Å². The van der Waals surface area contributed by atoms with Crippen molar-refractivity contribution in [3.8, 4) is 5.75 Å². The fraction of sp³-hybridized carbons (Fsp3) is 0.400. The van der Waals surface area contributed by atoms with Gasteiger partial charge in [-0.25, -0.2) is 0 Å². The average molecular weight is 351 g/mol. The molecule has 0 aliphatic carbocycles. The Labute approximate surface area is 142 Å². The van der Waals surface area contributed by atoms with Gasteiger partial charge in [-0.3, -0.25) is 24.5 Å². The molecule has 1 aromatic rings. The van der Waals surface area contributed by atoms with Gasteiger partial charge in [-0.1, -0.05) is 0 Å². The lowest BCUT2D eigenvalue weighted by Gasteiger charge is -2.37. The number of non-ortho nitro benzene ring substituents is 1. The molecule has 1 aromatic carbocycles. The summed E-state index contributed by atoms with van der Waals surface area (Å²) in [6.07, 6.45) is 0. The van der Waals surface area contributed by atoms with Crippen LogP contribution in [0.1, 0.15) is 13.8 Å². The third-order valence-electron chi connectivity index (χ3n) is 3.67. The molecule has 134 valence electrons. The summed E-state index contributed by atoms with van der Waals surface area (Å²) >= 11 is 0. The van der Waals surface area contributed by atoms with Crippen molar-refractivity contribution < 1.29 is 28.8 Å². The minimum absolute atomic E-state index is 0.0186. The number of hydrogen-bond donors (Lipinski definition) is 1. The topological polar surface area (TPSA) is 128 Å². The quantitative estimate of drug-likeness (QED) is 0.352. The highest BCUT2D eigenvalue weighted by Gasteiger charge is 2.50. The largest absolute Gasteiger partial charge is 0.465 e. The lowest BCUT2D eigenvalue weighted by Crippen LogP contribution is -2.61. The monoisotopic (exact) mass is 351 g/mol. The number of nitro groups is 1. The van der Waals surface area contributed by atoms with Gasteiger partial charge in [0, 0.05) is 13.1 Å². The van der Waals surface area contributed by atoms with Gasteiger partial charge in [0.25, 0.3) is 23.1 Å². The van der Waals surface area contributed by atoms with E-state index in [2.05, 4.69) is 5.32 Å². The van der Waals surface area contributed by atoms with E-state index in [0.29, 0.717) is 5.69 Å². The van der Waals surface area contributed by atoms with Gasteiger partial charge >= 0.3 is 5.97 Å². The maximum absolute atomic E-state index is 12.5. The van der Waals surface area contributed by atoms with Crippen LogP contribution in [0, 0.1) is 10.1 Å². The molecule has 1 atom stereocenters. The number of carbonyl (C=O) groups excluding carboxylic acids is 3. The van der Waals surface area contributed by atoms with Crippen LogP contribution in [0.5, 0.6) is 5.75 Å². The third-order valence-corrected chi connectivity index (χ3v) is 3.67. The summed E-state index contributed by atoms with van der Waals surface area (Å²) in [5.74, 6) is -2.16. The Bertz CT molecular complexity index is 749. The zero-order chi connectivity index (χ0) is 18.8. The Morgan fingerprint density at radius 3 is 2.72 bits per heavy atom. The number of benzene rings is 1. The Hall–Kier alpha value is -3.17. The molecule has 0 saturated heterocycles. The molecular weight excluding hydrogens is 334 g/mol. The first-order valence-electron chi connectivity index (χ1n) is 7.40. The molecule has 10 nitrogen and oxygen atoms in total. The molecule has 10 heteroatoms. The minimum atomic E-state index is -1.97. The molecular formula is C15H17N3O7. The summed E-state index contributed by atoms with van der Waals surface area (Å²) in [5.41, 5.74) is -1.91. The number of likely N-dealkylation sites (N-methyl/N-ethyl adjacent to an activating group) is 1. The van der Waals surface area contributed by atoms with Gasteiger partial charge in [0.1, 0.15) is 6.54 Å². The molecule has 0 bridgehead atoms. The van der Waals surface area contributed by atoms with Crippen molar-refractivity contribution in [1.82, 2.24) is 5.32 Å². The zero-order valence-electron chi connectivity index (χ0n) is 13.9. The summed E-state index contributed by atoms with van der Waals surface area (Å²) in [5, 5.41) is 13.2. The van der Waals surface area contributed by atoms with Crippen molar-refractivity contribution in [2.45, 2.75) is 19.4 Å².